The van der Waals surface area contributed by atoms with Gasteiger partial charge in [-0.15, -0.1) is 11.8 Å². The molecule has 1 aromatic heterocycles. The summed E-state index contributed by atoms with van der Waals surface area (Å²) in [6.07, 6.45) is -2.23. The third kappa shape index (κ3) is 4.52. The van der Waals surface area contributed by atoms with Crippen molar-refractivity contribution < 1.29 is 13.2 Å². The maximum absolute atomic E-state index is 12.7. The molecule has 2 nitrogen and oxygen atoms in total. The molecule has 0 aliphatic heterocycles. The van der Waals surface area contributed by atoms with E-state index in [1.54, 1.807) is 11.8 Å². The van der Waals surface area contributed by atoms with Gasteiger partial charge < -0.3 is 0 Å². The van der Waals surface area contributed by atoms with Crippen molar-refractivity contribution in [2.45, 2.75) is 43.0 Å². The molecule has 0 radical (unpaired) electrons. The molecule has 1 N–H and O–H groups in total. The van der Waals surface area contributed by atoms with E-state index in [2.05, 4.69) is 18.9 Å². The monoisotopic (exact) mass is 314 g/mol. The Kier molecular flexibility index (Phi) is 4.98. The third-order valence-corrected chi connectivity index (χ3v) is 4.00. The first-order chi connectivity index (χ1) is 9.86. The van der Waals surface area contributed by atoms with Crippen molar-refractivity contribution in [1.29, 1.82) is 0 Å². The number of hydrogen-bond acceptors (Lipinski definition) is 2. The Bertz CT molecular complexity index is 573. The molecule has 0 spiro atoms. The number of thioether (sulfide) groups is 1. The number of nitrogens with one attached hydrogen (secondary N) is 1. The van der Waals surface area contributed by atoms with Crippen molar-refractivity contribution in [3.05, 3.63) is 47.3 Å². The molecule has 0 unspecified atom stereocenters. The minimum atomic E-state index is -4.37. The Morgan fingerprint density at radius 3 is 2.38 bits per heavy atom. The molecule has 6 heteroatoms. The zero-order valence-electron chi connectivity index (χ0n) is 11.9. The van der Waals surface area contributed by atoms with E-state index in [0.717, 1.165) is 5.56 Å². The lowest BCUT2D eigenvalue weighted by molar-refractivity contribution is -0.141. The summed E-state index contributed by atoms with van der Waals surface area (Å²) in [5.41, 5.74) is 0.495. The topological polar surface area (TPSA) is 28.7 Å². The summed E-state index contributed by atoms with van der Waals surface area (Å²) in [7, 11) is 0. The number of alkyl halides is 3. The van der Waals surface area contributed by atoms with Gasteiger partial charge in [0.15, 0.2) is 0 Å². The third-order valence-electron chi connectivity index (χ3n) is 2.98. The molecule has 0 aliphatic carbocycles. The average molecular weight is 314 g/mol. The van der Waals surface area contributed by atoms with Gasteiger partial charge in [-0.25, -0.2) is 0 Å². The maximum Gasteiger partial charge on any atom is 0.433 e. The quantitative estimate of drug-likeness (QED) is 0.809. The largest absolute Gasteiger partial charge is 0.433 e. The van der Waals surface area contributed by atoms with Crippen LogP contribution in [-0.4, -0.2) is 15.4 Å². The molecule has 21 heavy (non-hydrogen) atoms. The predicted octanol–water partition coefficient (Wildman–Crippen LogP) is 4.71. The predicted molar refractivity (Wildman–Crippen MR) is 78.4 cm³/mol. The van der Waals surface area contributed by atoms with Crippen LogP contribution in [0.1, 0.15) is 30.7 Å². The number of aryl methyl sites for hydroxylation is 2. The molecular weight excluding hydrogens is 297 g/mol. The standard InChI is InChI=1S/C15H17F3N2S/c1-10(2)21-13-7-4-11(5-8-13)3-6-12-9-19-20-14(12)15(16,17)18/h4-5,7-10H,3,6H2,1-2H3,(H,19,20). The Morgan fingerprint density at radius 2 is 1.81 bits per heavy atom. The Labute approximate surface area is 126 Å². The fourth-order valence-corrected chi connectivity index (χ4v) is 2.87. The van der Waals surface area contributed by atoms with Gasteiger partial charge in [-0.2, -0.15) is 18.3 Å². The van der Waals surface area contributed by atoms with E-state index < -0.39 is 11.9 Å². The minimum absolute atomic E-state index is 0.211. The van der Waals surface area contributed by atoms with Gasteiger partial charge in [0.25, 0.3) is 0 Å². The lowest BCUT2D eigenvalue weighted by atomic mass is 10.0. The molecule has 2 rings (SSSR count). The van der Waals surface area contributed by atoms with Crippen LogP contribution in [0.4, 0.5) is 13.2 Å². The zero-order valence-corrected chi connectivity index (χ0v) is 12.7. The summed E-state index contributed by atoms with van der Waals surface area (Å²) < 4.78 is 38.1. The highest BCUT2D eigenvalue weighted by molar-refractivity contribution is 7.99. The van der Waals surface area contributed by atoms with Gasteiger partial charge in [0, 0.05) is 15.7 Å². The molecule has 0 aliphatic rings. The molecule has 0 amide bonds. The van der Waals surface area contributed by atoms with Crippen LogP contribution in [0.2, 0.25) is 0 Å². The lowest BCUT2D eigenvalue weighted by Gasteiger charge is -2.08. The van der Waals surface area contributed by atoms with Gasteiger partial charge in [-0.1, -0.05) is 26.0 Å². The zero-order chi connectivity index (χ0) is 15.5. The number of rotatable bonds is 5. The molecule has 0 atom stereocenters. The summed E-state index contributed by atoms with van der Waals surface area (Å²) in [6, 6.07) is 7.97. The molecule has 0 fully saturated rings. The molecular formula is C15H17F3N2S. The van der Waals surface area contributed by atoms with Crippen LogP contribution in [0.15, 0.2) is 35.4 Å². The first-order valence-corrected chi connectivity index (χ1v) is 7.59. The van der Waals surface area contributed by atoms with Gasteiger partial charge in [-0.05, 0) is 30.5 Å². The number of hydrogen-bond donors (Lipinski definition) is 1. The summed E-state index contributed by atoms with van der Waals surface area (Å²) >= 11 is 1.77. The summed E-state index contributed by atoms with van der Waals surface area (Å²) in [6.45, 7) is 4.24. The van der Waals surface area contributed by atoms with Gasteiger partial charge in [0.2, 0.25) is 0 Å². The first-order valence-electron chi connectivity index (χ1n) is 6.71. The molecule has 0 saturated carbocycles. The van der Waals surface area contributed by atoms with Crippen LogP contribution < -0.4 is 0 Å². The fraction of sp³-hybridized carbons (Fsp3) is 0.400. The highest BCUT2D eigenvalue weighted by atomic mass is 32.2. The van der Waals surface area contributed by atoms with E-state index in [1.165, 1.54) is 11.1 Å². The van der Waals surface area contributed by atoms with Gasteiger partial charge in [0.05, 0.1) is 6.20 Å². The molecule has 1 aromatic carbocycles. The van der Waals surface area contributed by atoms with Crippen molar-refractivity contribution in [2.75, 3.05) is 0 Å². The second-order valence-corrected chi connectivity index (χ2v) is 6.73. The van der Waals surface area contributed by atoms with Crippen molar-refractivity contribution in [3.63, 3.8) is 0 Å². The van der Waals surface area contributed by atoms with Crippen molar-refractivity contribution in [3.8, 4) is 0 Å². The van der Waals surface area contributed by atoms with Crippen LogP contribution in [0.3, 0.4) is 0 Å². The highest BCUT2D eigenvalue weighted by Crippen LogP contribution is 2.30. The molecule has 0 saturated heterocycles. The van der Waals surface area contributed by atoms with E-state index in [9.17, 15) is 13.2 Å². The Balaban J connectivity index is 1.99. The number of aromatic amines is 1. The number of H-pyrrole nitrogens is 1. The van der Waals surface area contributed by atoms with Crippen LogP contribution in [0.5, 0.6) is 0 Å². The summed E-state index contributed by atoms with van der Waals surface area (Å²) in [5, 5.41) is 6.04. The van der Waals surface area contributed by atoms with Gasteiger partial charge in [0.1, 0.15) is 5.69 Å². The van der Waals surface area contributed by atoms with E-state index in [4.69, 9.17) is 0 Å². The number of aromatic nitrogens is 2. The lowest BCUT2D eigenvalue weighted by Crippen LogP contribution is -2.09. The minimum Gasteiger partial charge on any atom is -0.273 e. The SMILES string of the molecule is CC(C)Sc1ccc(CCc2cn[nH]c2C(F)(F)F)cc1. The van der Waals surface area contributed by atoms with E-state index in [0.29, 0.717) is 18.1 Å². The second kappa shape index (κ2) is 6.56. The Hall–Kier alpha value is -1.43. The number of nitrogens with zero attached hydrogens (tertiary/aromatic N) is 1. The molecule has 114 valence electrons. The van der Waals surface area contributed by atoms with Gasteiger partial charge in [-0.3, -0.25) is 5.10 Å². The second-order valence-electron chi connectivity index (χ2n) is 5.08. The summed E-state index contributed by atoms with van der Waals surface area (Å²) in [5.74, 6) is 0. The molecule has 0 bridgehead atoms. The smallest absolute Gasteiger partial charge is 0.273 e. The van der Waals surface area contributed by atoms with Crippen molar-refractivity contribution in [1.82, 2.24) is 10.2 Å². The van der Waals surface area contributed by atoms with Crippen LogP contribution in [0, 0.1) is 0 Å². The van der Waals surface area contributed by atoms with E-state index >= 15 is 0 Å². The summed E-state index contributed by atoms with van der Waals surface area (Å²) in [4.78, 5) is 1.17. The Morgan fingerprint density at radius 1 is 1.14 bits per heavy atom. The van der Waals surface area contributed by atoms with Crippen LogP contribution in [-0.2, 0) is 19.0 Å². The fourth-order valence-electron chi connectivity index (χ4n) is 2.03. The maximum atomic E-state index is 12.7. The van der Waals surface area contributed by atoms with Crippen LogP contribution >= 0.6 is 11.8 Å². The molecule has 1 heterocycles. The van der Waals surface area contributed by atoms with Gasteiger partial charge >= 0.3 is 6.18 Å². The van der Waals surface area contributed by atoms with Crippen LogP contribution in [0.25, 0.3) is 0 Å². The van der Waals surface area contributed by atoms with E-state index in [1.807, 2.05) is 29.4 Å². The average Bonchev–Trinajstić information content (AvgIpc) is 2.85. The van der Waals surface area contributed by atoms with Crippen molar-refractivity contribution in [2.24, 2.45) is 0 Å². The van der Waals surface area contributed by atoms with E-state index in [-0.39, 0.29) is 5.56 Å². The molecule has 2 aromatic rings. The highest BCUT2D eigenvalue weighted by Gasteiger charge is 2.35. The number of halogens is 3. The first kappa shape index (κ1) is 15.9. The number of benzene rings is 1. The normalized spacial score (nSPS) is 12.1. The van der Waals surface area contributed by atoms with Crippen molar-refractivity contribution >= 4 is 11.8 Å².